The van der Waals surface area contributed by atoms with E-state index in [-0.39, 0.29) is 0 Å². The molecule has 2 aromatic heterocycles. The van der Waals surface area contributed by atoms with Crippen molar-refractivity contribution in [2.75, 3.05) is 11.9 Å². The Balaban J connectivity index is 2.08. The number of hydrogen-bond donors (Lipinski definition) is 1. The van der Waals surface area contributed by atoms with Crippen molar-refractivity contribution in [1.29, 1.82) is 0 Å². The van der Waals surface area contributed by atoms with Gasteiger partial charge in [-0.2, -0.15) is 5.10 Å². The predicted octanol–water partition coefficient (Wildman–Crippen LogP) is 1.52. The Hall–Kier alpha value is -1.43. The van der Waals surface area contributed by atoms with E-state index >= 15 is 0 Å². The Labute approximate surface area is 92.2 Å². The second-order valence-corrected chi connectivity index (χ2v) is 4.22. The minimum absolute atomic E-state index is 0.696. The molecule has 2 heterocycles. The highest BCUT2D eigenvalue weighted by molar-refractivity contribution is 7.15. The quantitative estimate of drug-likeness (QED) is 0.854. The summed E-state index contributed by atoms with van der Waals surface area (Å²) in [6.45, 7) is 5.63. The maximum absolute atomic E-state index is 4.20. The smallest absolute Gasteiger partial charge is 0.205 e. The molecule has 0 amide bonds. The molecule has 0 fully saturated rings. The maximum atomic E-state index is 4.20. The molecule has 2 aromatic rings. The van der Waals surface area contributed by atoms with E-state index in [0.29, 0.717) is 6.54 Å². The number of nitrogens with zero attached hydrogens (tertiary/aromatic N) is 4. The second-order valence-electron chi connectivity index (χ2n) is 3.16. The lowest BCUT2D eigenvalue weighted by molar-refractivity contribution is 0.657. The van der Waals surface area contributed by atoms with Crippen molar-refractivity contribution >= 4 is 16.5 Å². The fourth-order valence-corrected chi connectivity index (χ4v) is 2.02. The summed E-state index contributed by atoms with van der Waals surface area (Å²) in [6, 6.07) is 1.98. The summed E-state index contributed by atoms with van der Waals surface area (Å²) in [4.78, 5) is 0. The van der Waals surface area contributed by atoms with E-state index < -0.39 is 0 Å². The number of hydrogen-bond acceptors (Lipinski definition) is 5. The van der Waals surface area contributed by atoms with Crippen molar-refractivity contribution in [3.8, 4) is 0 Å². The molecule has 6 heteroatoms. The van der Waals surface area contributed by atoms with Crippen LogP contribution in [0.25, 0.3) is 0 Å². The van der Waals surface area contributed by atoms with E-state index in [1.807, 2.05) is 24.6 Å². The molecule has 0 aliphatic heterocycles. The minimum atomic E-state index is 0.696. The summed E-state index contributed by atoms with van der Waals surface area (Å²) in [5.41, 5.74) is 1.13. The fraction of sp³-hybridized carbons (Fsp3) is 0.444. The van der Waals surface area contributed by atoms with Crippen LogP contribution in [0, 0.1) is 6.92 Å². The van der Waals surface area contributed by atoms with Crippen LogP contribution in [0.4, 0.5) is 5.13 Å². The Kier molecular flexibility index (Phi) is 2.96. The zero-order chi connectivity index (χ0) is 10.7. The zero-order valence-corrected chi connectivity index (χ0v) is 9.58. The second kappa shape index (κ2) is 4.39. The van der Waals surface area contributed by atoms with Gasteiger partial charge in [0.1, 0.15) is 5.01 Å². The summed E-state index contributed by atoms with van der Waals surface area (Å²) >= 11 is 1.57. The van der Waals surface area contributed by atoms with Crippen LogP contribution in [0.5, 0.6) is 0 Å². The monoisotopic (exact) mass is 223 g/mol. The summed E-state index contributed by atoms with van der Waals surface area (Å²) < 4.78 is 1.91. The van der Waals surface area contributed by atoms with Gasteiger partial charge in [-0.1, -0.05) is 11.3 Å². The fourth-order valence-electron chi connectivity index (χ4n) is 1.23. The summed E-state index contributed by atoms with van der Waals surface area (Å²) in [7, 11) is 0. The first-order valence-electron chi connectivity index (χ1n) is 4.84. The molecule has 15 heavy (non-hydrogen) atoms. The zero-order valence-electron chi connectivity index (χ0n) is 8.77. The highest BCUT2D eigenvalue weighted by Crippen LogP contribution is 2.15. The van der Waals surface area contributed by atoms with E-state index in [1.54, 1.807) is 17.5 Å². The minimum Gasteiger partial charge on any atom is -0.360 e. The van der Waals surface area contributed by atoms with Gasteiger partial charge in [0.15, 0.2) is 0 Å². The molecular weight excluding hydrogens is 210 g/mol. The largest absolute Gasteiger partial charge is 0.360 e. The lowest BCUT2D eigenvalue weighted by Gasteiger charge is -1.99. The average molecular weight is 223 g/mol. The van der Waals surface area contributed by atoms with Gasteiger partial charge in [-0.15, -0.1) is 10.2 Å². The first-order valence-corrected chi connectivity index (χ1v) is 5.66. The van der Waals surface area contributed by atoms with Gasteiger partial charge in [0, 0.05) is 18.4 Å². The number of rotatable bonds is 4. The number of aryl methyl sites for hydroxylation is 1. The molecule has 0 aliphatic rings. The van der Waals surface area contributed by atoms with Crippen molar-refractivity contribution in [3.63, 3.8) is 0 Å². The molecular formula is C9H13N5S. The van der Waals surface area contributed by atoms with Crippen LogP contribution in [0.2, 0.25) is 0 Å². The molecule has 0 spiro atoms. The van der Waals surface area contributed by atoms with Crippen LogP contribution >= 0.6 is 11.3 Å². The van der Waals surface area contributed by atoms with Gasteiger partial charge in [-0.05, 0) is 19.9 Å². The topological polar surface area (TPSA) is 55.6 Å². The molecule has 0 atom stereocenters. The van der Waals surface area contributed by atoms with E-state index in [1.165, 1.54) is 0 Å². The normalized spacial score (nSPS) is 10.5. The lowest BCUT2D eigenvalue weighted by Crippen LogP contribution is -2.02. The van der Waals surface area contributed by atoms with Gasteiger partial charge in [0.2, 0.25) is 5.13 Å². The molecule has 1 N–H and O–H groups in total. The third-order valence-corrected chi connectivity index (χ3v) is 2.87. The molecule has 0 radical (unpaired) electrons. The van der Waals surface area contributed by atoms with Crippen LogP contribution in [0.3, 0.4) is 0 Å². The van der Waals surface area contributed by atoms with Crippen molar-refractivity contribution in [2.24, 2.45) is 0 Å². The predicted molar refractivity (Wildman–Crippen MR) is 60.1 cm³/mol. The van der Waals surface area contributed by atoms with Crippen LogP contribution in [0.1, 0.15) is 17.6 Å². The van der Waals surface area contributed by atoms with Crippen molar-refractivity contribution < 1.29 is 0 Å². The number of anilines is 1. The van der Waals surface area contributed by atoms with E-state index in [4.69, 9.17) is 0 Å². The van der Waals surface area contributed by atoms with E-state index in [9.17, 15) is 0 Å². The summed E-state index contributed by atoms with van der Waals surface area (Å²) in [5.74, 6) is 0. The molecule has 0 unspecified atom stereocenters. The van der Waals surface area contributed by atoms with E-state index in [2.05, 4.69) is 20.6 Å². The number of nitrogens with one attached hydrogen (secondary N) is 1. The summed E-state index contributed by atoms with van der Waals surface area (Å²) in [6.07, 6.45) is 1.79. The van der Waals surface area contributed by atoms with Gasteiger partial charge in [0.05, 0.1) is 6.54 Å². The van der Waals surface area contributed by atoms with Gasteiger partial charge < -0.3 is 5.32 Å². The molecule has 80 valence electrons. The van der Waals surface area contributed by atoms with E-state index in [0.717, 1.165) is 22.4 Å². The van der Waals surface area contributed by atoms with Crippen molar-refractivity contribution in [2.45, 2.75) is 20.4 Å². The Morgan fingerprint density at radius 3 is 3.00 bits per heavy atom. The van der Waals surface area contributed by atoms with Gasteiger partial charge in [-0.25, -0.2) is 0 Å². The van der Waals surface area contributed by atoms with Gasteiger partial charge >= 0.3 is 0 Å². The third-order valence-electron chi connectivity index (χ3n) is 2.01. The highest BCUT2D eigenvalue weighted by Gasteiger charge is 2.05. The van der Waals surface area contributed by atoms with Crippen molar-refractivity contribution in [3.05, 3.63) is 23.0 Å². The van der Waals surface area contributed by atoms with Crippen LogP contribution in [-0.2, 0) is 6.54 Å². The molecule has 5 nitrogen and oxygen atoms in total. The van der Waals surface area contributed by atoms with Crippen LogP contribution in [-0.4, -0.2) is 26.5 Å². The molecule has 0 bridgehead atoms. The molecule has 0 saturated carbocycles. The Morgan fingerprint density at radius 2 is 2.33 bits per heavy atom. The highest BCUT2D eigenvalue weighted by atomic mass is 32.1. The summed E-state index contributed by atoms with van der Waals surface area (Å²) in [5, 5.41) is 17.3. The van der Waals surface area contributed by atoms with Crippen LogP contribution < -0.4 is 5.32 Å². The first-order chi connectivity index (χ1) is 7.29. The SMILES string of the molecule is CCNc1nnc(Cn2nccc2C)s1. The third kappa shape index (κ3) is 2.33. The first kappa shape index (κ1) is 10.1. The Bertz CT molecular complexity index is 433. The number of aromatic nitrogens is 4. The Morgan fingerprint density at radius 1 is 1.47 bits per heavy atom. The lowest BCUT2D eigenvalue weighted by atomic mass is 10.5. The molecule has 0 saturated heterocycles. The maximum Gasteiger partial charge on any atom is 0.205 e. The van der Waals surface area contributed by atoms with Gasteiger partial charge in [-0.3, -0.25) is 4.68 Å². The standard InChI is InChI=1S/C9H13N5S/c1-3-10-9-13-12-8(15-9)6-14-7(2)4-5-11-14/h4-5H,3,6H2,1-2H3,(H,10,13). The van der Waals surface area contributed by atoms with Gasteiger partial charge in [0.25, 0.3) is 0 Å². The molecule has 0 aliphatic carbocycles. The average Bonchev–Trinajstić information content (AvgIpc) is 2.79. The van der Waals surface area contributed by atoms with Crippen molar-refractivity contribution in [1.82, 2.24) is 20.0 Å². The molecule has 0 aromatic carbocycles. The van der Waals surface area contributed by atoms with Crippen LogP contribution in [0.15, 0.2) is 12.3 Å². The molecule has 2 rings (SSSR count).